The minimum absolute atomic E-state index is 0.0000365. The summed E-state index contributed by atoms with van der Waals surface area (Å²) in [5.74, 6) is -0.326. The summed E-state index contributed by atoms with van der Waals surface area (Å²) in [7, 11) is 1.47. The molecule has 310 valence electrons. The van der Waals surface area contributed by atoms with Crippen molar-refractivity contribution in [2.75, 3.05) is 64.7 Å². The summed E-state index contributed by atoms with van der Waals surface area (Å²) in [6.45, 7) is 10.7. The van der Waals surface area contributed by atoms with Crippen molar-refractivity contribution in [3.05, 3.63) is 28.7 Å². The van der Waals surface area contributed by atoms with Crippen LogP contribution in [0.4, 0.5) is 10.2 Å². The van der Waals surface area contributed by atoms with Crippen LogP contribution in [0.15, 0.2) is 12.3 Å². The van der Waals surface area contributed by atoms with E-state index in [9.17, 15) is 10.2 Å². The minimum atomic E-state index is -1.31. The highest BCUT2D eigenvalue weighted by Crippen LogP contribution is 2.56. The Bertz CT molecular complexity index is 2090. The van der Waals surface area contributed by atoms with Crippen molar-refractivity contribution in [3.8, 4) is 23.1 Å². The van der Waals surface area contributed by atoms with E-state index < -0.39 is 17.5 Å². The number of methoxy groups -OCH3 is 1. The highest BCUT2D eigenvalue weighted by molar-refractivity contribution is 6.33. The number of nitrogens with one attached hydrogen (secondary N) is 1. The van der Waals surface area contributed by atoms with Crippen LogP contribution in [0.2, 0.25) is 5.02 Å². The first-order valence-electron chi connectivity index (χ1n) is 20.8. The number of piperidine rings is 1. The van der Waals surface area contributed by atoms with E-state index in [0.29, 0.717) is 51.2 Å². The summed E-state index contributed by atoms with van der Waals surface area (Å²) < 4.78 is 41.5. The summed E-state index contributed by atoms with van der Waals surface area (Å²) in [6.07, 6.45) is 11.3. The fourth-order valence-corrected chi connectivity index (χ4v) is 10.7. The molecule has 57 heavy (non-hydrogen) atoms. The highest BCUT2D eigenvalue weighted by atomic mass is 35.5. The molecule has 13 nitrogen and oxygen atoms in total. The number of aliphatic hydroxyl groups excluding tert-OH is 1. The van der Waals surface area contributed by atoms with Crippen molar-refractivity contribution < 1.29 is 33.6 Å². The van der Waals surface area contributed by atoms with Gasteiger partial charge in [-0.2, -0.15) is 15.1 Å². The van der Waals surface area contributed by atoms with Gasteiger partial charge in [0.1, 0.15) is 28.0 Å². The first-order chi connectivity index (χ1) is 27.5. The SMILES string of the molecule is CC.COc1nc(-c2c(C)c(Cl)cc3[nH]ncc23)c(F)c2nc(OCC34CCCC3N(C3CC5(CCOCC5)C3)CCC4)nc(N3CC(CO)OCC(C)(O)C3)c12. The maximum absolute atomic E-state index is 17.4. The van der Waals surface area contributed by atoms with Crippen LogP contribution in [0.5, 0.6) is 11.9 Å². The lowest BCUT2D eigenvalue weighted by Gasteiger charge is -2.58. The molecule has 3 saturated heterocycles. The number of likely N-dealkylation sites (tertiary alicyclic amines) is 1. The number of halogens is 2. The zero-order valence-electron chi connectivity index (χ0n) is 33.9. The molecule has 0 radical (unpaired) electrons. The molecule has 1 aromatic carbocycles. The van der Waals surface area contributed by atoms with Crippen LogP contribution < -0.4 is 14.4 Å². The average Bonchev–Trinajstić information content (AvgIpc) is 3.83. The number of H-pyrrole nitrogens is 1. The number of ether oxygens (including phenoxy) is 4. The lowest BCUT2D eigenvalue weighted by Crippen LogP contribution is -2.61. The molecule has 1 spiro atoms. The Morgan fingerprint density at radius 3 is 2.63 bits per heavy atom. The molecule has 0 bridgehead atoms. The number of aromatic nitrogens is 5. The number of nitrogens with zero attached hydrogens (tertiary/aromatic N) is 6. The van der Waals surface area contributed by atoms with Gasteiger partial charge in [-0.15, -0.1) is 0 Å². The number of β-amino-alcohol motifs (C(OH)–C–C–N with tert-alkyl or cyclic N) is 1. The second kappa shape index (κ2) is 16.0. The van der Waals surface area contributed by atoms with Gasteiger partial charge in [0, 0.05) is 53.2 Å². The van der Waals surface area contributed by atoms with Gasteiger partial charge in [0.2, 0.25) is 5.88 Å². The summed E-state index contributed by atoms with van der Waals surface area (Å²) in [5.41, 5.74) is 0.768. The second-order valence-corrected chi connectivity index (χ2v) is 17.5. The normalized spacial score (nSPS) is 27.8. The Morgan fingerprint density at radius 1 is 1.11 bits per heavy atom. The molecule has 5 aliphatic rings. The van der Waals surface area contributed by atoms with Gasteiger partial charge in [0.05, 0.1) is 51.3 Å². The molecule has 9 rings (SSSR count). The van der Waals surface area contributed by atoms with E-state index in [1.165, 1.54) is 20.0 Å². The van der Waals surface area contributed by atoms with Crippen LogP contribution in [0, 0.1) is 23.6 Å². The quantitative estimate of drug-likeness (QED) is 0.175. The Kier molecular flexibility index (Phi) is 11.3. The van der Waals surface area contributed by atoms with Gasteiger partial charge in [-0.1, -0.05) is 31.9 Å². The van der Waals surface area contributed by atoms with Crippen LogP contribution in [0.1, 0.15) is 84.1 Å². The zero-order chi connectivity index (χ0) is 40.1. The summed E-state index contributed by atoms with van der Waals surface area (Å²) in [6, 6.07) is 2.78. The first-order valence-corrected chi connectivity index (χ1v) is 21.1. The maximum Gasteiger partial charge on any atom is 0.319 e. The fourth-order valence-electron chi connectivity index (χ4n) is 10.5. The van der Waals surface area contributed by atoms with Crippen LogP contribution in [0.25, 0.3) is 33.1 Å². The van der Waals surface area contributed by atoms with E-state index in [1.54, 1.807) is 24.1 Å². The molecule has 15 heteroatoms. The van der Waals surface area contributed by atoms with E-state index in [0.717, 1.165) is 64.7 Å². The van der Waals surface area contributed by atoms with Crippen molar-refractivity contribution in [2.45, 2.75) is 109 Å². The van der Waals surface area contributed by atoms with Crippen LogP contribution in [-0.4, -0.2) is 124 Å². The smallest absolute Gasteiger partial charge is 0.319 e. The molecule has 4 aromatic rings. The van der Waals surface area contributed by atoms with Crippen molar-refractivity contribution in [1.29, 1.82) is 0 Å². The van der Waals surface area contributed by atoms with E-state index in [1.807, 2.05) is 20.8 Å². The molecule has 4 atom stereocenters. The molecule has 3 aromatic heterocycles. The third kappa shape index (κ3) is 7.32. The molecule has 3 N–H and O–H groups in total. The third-order valence-corrected chi connectivity index (χ3v) is 13.8. The number of pyridine rings is 1. The zero-order valence-corrected chi connectivity index (χ0v) is 34.6. The summed E-state index contributed by atoms with van der Waals surface area (Å²) in [5, 5.41) is 29.9. The predicted molar refractivity (Wildman–Crippen MR) is 217 cm³/mol. The van der Waals surface area contributed by atoms with Gasteiger partial charge in [-0.25, -0.2) is 9.37 Å². The molecular formula is C42H57ClFN7O6. The van der Waals surface area contributed by atoms with E-state index in [4.69, 9.17) is 45.5 Å². The molecular weight excluding hydrogens is 753 g/mol. The van der Waals surface area contributed by atoms with Crippen LogP contribution in [0.3, 0.4) is 0 Å². The van der Waals surface area contributed by atoms with E-state index in [-0.39, 0.29) is 66.0 Å². The van der Waals surface area contributed by atoms with Crippen LogP contribution in [-0.2, 0) is 9.47 Å². The Hall–Kier alpha value is -3.40. The van der Waals surface area contributed by atoms with Gasteiger partial charge in [-0.3, -0.25) is 10.00 Å². The number of anilines is 1. The second-order valence-electron chi connectivity index (χ2n) is 17.1. The molecule has 2 saturated carbocycles. The van der Waals surface area contributed by atoms with Crippen molar-refractivity contribution in [3.63, 3.8) is 0 Å². The molecule has 0 amide bonds. The lowest BCUT2D eigenvalue weighted by molar-refractivity contribution is -0.112. The number of aromatic amines is 1. The first kappa shape index (κ1) is 40.4. The number of fused-ring (bicyclic) bond motifs is 3. The largest absolute Gasteiger partial charge is 0.480 e. The van der Waals surface area contributed by atoms with Gasteiger partial charge in [0.15, 0.2) is 5.82 Å². The van der Waals surface area contributed by atoms with Gasteiger partial charge >= 0.3 is 6.01 Å². The Morgan fingerprint density at radius 2 is 1.88 bits per heavy atom. The van der Waals surface area contributed by atoms with Crippen molar-refractivity contribution in [2.24, 2.45) is 10.8 Å². The summed E-state index contributed by atoms with van der Waals surface area (Å²) >= 11 is 6.66. The maximum atomic E-state index is 17.4. The molecule has 5 fully saturated rings. The van der Waals surface area contributed by atoms with Gasteiger partial charge in [0.25, 0.3) is 0 Å². The standard InChI is InChI=1S/C40H51ClFN7O6.C2H6/c1-23-27(41)14-28-26(17-43-47-28)30(23)33-32(42)34-31(36(44-33)52-3)35(48-18-25(19-50)54-21-38(2,51)20-48)46-37(45-34)55-22-40-7-4-6-29(40)49(11-5-8-40)24-15-39(16-24)9-12-53-13-10-39;1-2/h14,17,24-25,29,50-51H,4-13,15-16,18-22H2,1-3H3,(H,43,47);1-2H3. The monoisotopic (exact) mass is 809 g/mol. The van der Waals surface area contributed by atoms with Gasteiger partial charge in [-0.05, 0) is 88.8 Å². The highest BCUT2D eigenvalue weighted by Gasteiger charge is 2.55. The van der Waals surface area contributed by atoms with E-state index in [2.05, 4.69) is 15.1 Å². The fraction of sp³-hybridized carbons (Fsp3) is 0.667. The number of hydrogen-bond donors (Lipinski definition) is 3. The van der Waals surface area contributed by atoms with Crippen molar-refractivity contribution in [1.82, 2.24) is 30.0 Å². The average molecular weight is 810 g/mol. The predicted octanol–water partition coefficient (Wildman–Crippen LogP) is 6.63. The van der Waals surface area contributed by atoms with Crippen molar-refractivity contribution >= 4 is 39.2 Å². The topological polar surface area (TPSA) is 151 Å². The molecule has 4 unspecified atom stereocenters. The Labute approximate surface area is 338 Å². The molecule has 3 aliphatic heterocycles. The van der Waals surface area contributed by atoms with E-state index >= 15 is 4.39 Å². The number of benzene rings is 1. The molecule has 2 aliphatic carbocycles. The van der Waals surface area contributed by atoms with Gasteiger partial charge < -0.3 is 34.1 Å². The van der Waals surface area contributed by atoms with Crippen LogP contribution >= 0.6 is 11.6 Å². The minimum Gasteiger partial charge on any atom is -0.480 e. The number of rotatable bonds is 8. The Balaban J connectivity index is 0.00000224. The summed E-state index contributed by atoms with van der Waals surface area (Å²) in [4.78, 5) is 19.1. The number of hydrogen-bond acceptors (Lipinski definition) is 12. The number of aliphatic hydroxyl groups is 2. The molecule has 6 heterocycles. The third-order valence-electron chi connectivity index (χ3n) is 13.4. The lowest BCUT2D eigenvalue weighted by atomic mass is 9.60.